The molecule has 5 rings (SSSR count). The number of aryl methyl sites for hydroxylation is 4. The van der Waals surface area contributed by atoms with Crippen molar-refractivity contribution in [3.63, 3.8) is 0 Å². The Morgan fingerprint density at radius 2 is 1.73 bits per heavy atom. The molecule has 258 valence electrons. The van der Waals surface area contributed by atoms with Gasteiger partial charge < -0.3 is 35.6 Å². The number of benzene rings is 2. The Kier molecular flexibility index (Phi) is 13.4. The molecule has 2 aromatic heterocycles. The van der Waals surface area contributed by atoms with Crippen molar-refractivity contribution in [3.8, 4) is 17.1 Å². The second kappa shape index (κ2) is 17.7. The van der Waals surface area contributed by atoms with Gasteiger partial charge in [0.25, 0.3) is 0 Å². The molecule has 0 bridgehead atoms. The molecule has 1 aliphatic rings. The normalized spacial score (nSPS) is 13.1. The Labute approximate surface area is 285 Å². The molecular formula is C38H54N8O2. The summed E-state index contributed by atoms with van der Waals surface area (Å²) in [5, 5.41) is 2.82. The van der Waals surface area contributed by atoms with Crippen LogP contribution in [0.5, 0.6) is 5.75 Å². The van der Waals surface area contributed by atoms with Crippen LogP contribution in [0.1, 0.15) is 60.6 Å². The van der Waals surface area contributed by atoms with Gasteiger partial charge >= 0.3 is 0 Å². The molecule has 48 heavy (non-hydrogen) atoms. The lowest BCUT2D eigenvalue weighted by atomic mass is 10.1. The molecule has 10 nitrogen and oxygen atoms in total. The Balaban J connectivity index is 0.00000167. The summed E-state index contributed by atoms with van der Waals surface area (Å²) in [7, 11) is 2.18. The number of rotatable bonds is 10. The van der Waals surface area contributed by atoms with Gasteiger partial charge in [0.1, 0.15) is 17.4 Å². The van der Waals surface area contributed by atoms with Crippen LogP contribution in [0.2, 0.25) is 0 Å². The summed E-state index contributed by atoms with van der Waals surface area (Å²) in [4.78, 5) is 33.8. The van der Waals surface area contributed by atoms with Gasteiger partial charge in [0, 0.05) is 68.2 Å². The van der Waals surface area contributed by atoms with Crippen molar-refractivity contribution in [2.24, 2.45) is 5.73 Å². The van der Waals surface area contributed by atoms with E-state index in [0.29, 0.717) is 32.4 Å². The van der Waals surface area contributed by atoms with Crippen LogP contribution >= 0.6 is 0 Å². The number of H-pyrrole nitrogens is 2. The van der Waals surface area contributed by atoms with E-state index in [1.54, 1.807) is 0 Å². The number of nitrogens with two attached hydrogens (primary N) is 1. The van der Waals surface area contributed by atoms with Gasteiger partial charge in [-0.1, -0.05) is 19.1 Å². The van der Waals surface area contributed by atoms with Crippen LogP contribution < -0.4 is 20.7 Å². The van der Waals surface area contributed by atoms with Crippen molar-refractivity contribution in [3.05, 3.63) is 82.4 Å². The number of aromatic amines is 2. The van der Waals surface area contributed by atoms with Crippen molar-refractivity contribution in [2.45, 2.75) is 60.8 Å². The molecule has 0 spiro atoms. The van der Waals surface area contributed by atoms with Crippen molar-refractivity contribution in [2.75, 3.05) is 57.8 Å². The lowest BCUT2D eigenvalue weighted by Crippen LogP contribution is -2.44. The molecule has 0 aliphatic carbocycles. The van der Waals surface area contributed by atoms with Crippen molar-refractivity contribution in [1.82, 2.24) is 30.2 Å². The quantitative estimate of drug-likeness (QED) is 0.157. The zero-order valence-corrected chi connectivity index (χ0v) is 29.9. The summed E-state index contributed by atoms with van der Waals surface area (Å²) in [5.74, 6) is 2.59. The predicted octanol–water partition coefficient (Wildman–Crippen LogP) is 5.91. The third-order valence-electron chi connectivity index (χ3n) is 8.44. The van der Waals surface area contributed by atoms with Gasteiger partial charge in [-0.05, 0) is 108 Å². The smallest absolute Gasteiger partial charge is 0.220 e. The van der Waals surface area contributed by atoms with E-state index in [0.717, 1.165) is 94.8 Å². The molecule has 1 fully saturated rings. The minimum absolute atomic E-state index is 0.0618. The maximum atomic E-state index is 11.7. The number of fused-ring (bicyclic) bond motifs is 1. The average molecular weight is 655 g/mol. The van der Waals surface area contributed by atoms with E-state index in [2.05, 4.69) is 90.2 Å². The fraction of sp³-hybridized carbons (Fsp3) is 0.447. The van der Waals surface area contributed by atoms with Gasteiger partial charge in [-0.3, -0.25) is 4.79 Å². The number of hydrogen-bond acceptors (Lipinski definition) is 7. The van der Waals surface area contributed by atoms with E-state index in [-0.39, 0.29) is 5.91 Å². The molecule has 0 unspecified atom stereocenters. The van der Waals surface area contributed by atoms with E-state index in [4.69, 9.17) is 20.4 Å². The largest absolute Gasteiger partial charge is 0.494 e. The molecule has 3 heterocycles. The van der Waals surface area contributed by atoms with Gasteiger partial charge in [0.2, 0.25) is 5.91 Å². The molecule has 0 radical (unpaired) electrons. The molecular weight excluding hydrogens is 600 g/mol. The number of ether oxygens (including phenoxy) is 1. The first-order valence-electron chi connectivity index (χ1n) is 17.2. The molecule has 1 aliphatic heterocycles. The second-order valence-corrected chi connectivity index (χ2v) is 12.5. The minimum Gasteiger partial charge on any atom is -0.494 e. The van der Waals surface area contributed by atoms with Crippen LogP contribution in [0.3, 0.4) is 0 Å². The monoisotopic (exact) mass is 654 g/mol. The lowest BCUT2D eigenvalue weighted by molar-refractivity contribution is -0.121. The van der Waals surface area contributed by atoms with Crippen molar-refractivity contribution in [1.29, 1.82) is 0 Å². The molecule has 0 atom stereocenters. The number of nitrogens with one attached hydrogen (secondary N) is 3. The summed E-state index contributed by atoms with van der Waals surface area (Å²) >= 11 is 0. The van der Waals surface area contributed by atoms with Crippen molar-refractivity contribution >= 4 is 22.6 Å². The number of amides is 1. The number of aromatic nitrogens is 4. The van der Waals surface area contributed by atoms with E-state index in [9.17, 15) is 4.79 Å². The number of nitrogens with zero attached hydrogens (tertiary/aromatic N) is 4. The number of imidazole rings is 1. The minimum atomic E-state index is 0.0618. The molecule has 10 heteroatoms. The highest BCUT2D eigenvalue weighted by molar-refractivity contribution is 5.85. The van der Waals surface area contributed by atoms with Gasteiger partial charge in [0.05, 0.1) is 17.6 Å². The van der Waals surface area contributed by atoms with Gasteiger partial charge in [-0.15, -0.1) is 0 Å². The average Bonchev–Trinajstić information content (AvgIpc) is 3.48. The zero-order chi connectivity index (χ0) is 34.6. The SMILES string of the molecule is CCN.CCNC(=O)CCCOc1cccc(Cc2nc3c(C)c(-c4nc(C)c(C)cc(N5CCN(C)CC5)cc(C)[nH]4)ccc3[nH]2)c1. The van der Waals surface area contributed by atoms with Crippen LogP contribution in [0.4, 0.5) is 5.69 Å². The summed E-state index contributed by atoms with van der Waals surface area (Å²) < 4.78 is 5.92. The Bertz CT molecular complexity index is 1720. The number of piperazine rings is 1. The number of likely N-dealkylation sites (N-methyl/N-ethyl adjacent to an activating group) is 1. The summed E-state index contributed by atoms with van der Waals surface area (Å²) in [6.07, 6.45) is 1.80. The fourth-order valence-electron chi connectivity index (χ4n) is 5.72. The summed E-state index contributed by atoms with van der Waals surface area (Å²) in [5.41, 5.74) is 14.4. The summed E-state index contributed by atoms with van der Waals surface area (Å²) in [6, 6.07) is 16.8. The molecule has 1 saturated heterocycles. The molecule has 2 aromatic carbocycles. The van der Waals surface area contributed by atoms with E-state index >= 15 is 0 Å². The maximum absolute atomic E-state index is 11.7. The molecule has 4 aromatic rings. The highest BCUT2D eigenvalue weighted by atomic mass is 16.5. The predicted molar refractivity (Wildman–Crippen MR) is 197 cm³/mol. The number of anilines is 1. The maximum Gasteiger partial charge on any atom is 0.220 e. The summed E-state index contributed by atoms with van der Waals surface area (Å²) in [6.45, 7) is 18.3. The highest BCUT2D eigenvalue weighted by Gasteiger charge is 2.16. The Hall–Kier alpha value is -4.41. The topological polar surface area (TPSA) is 128 Å². The standard InChI is InChI=1S/C36H47N7O2.C2H7N/c1-7-37-34(44)12-9-19-45-30-11-8-10-28(22-30)23-33-40-32-14-13-31(26(4)35(32)41-33)36-38-25(3)21-29(20-24(2)27(5)39-36)43-17-15-42(6)16-18-43;1-2-3/h8,10-11,13-14,20-22H,7,9,12,15-19,23H2,1-6H3,(H,37,44)(H,38,39)(H,40,41);2-3H2,1H3. The first-order valence-corrected chi connectivity index (χ1v) is 17.2. The second-order valence-electron chi connectivity index (χ2n) is 12.5. The van der Waals surface area contributed by atoms with Crippen LogP contribution in [0, 0.1) is 27.7 Å². The molecule has 5 N–H and O–H groups in total. The Morgan fingerprint density at radius 1 is 0.979 bits per heavy atom. The molecule has 1 amide bonds. The van der Waals surface area contributed by atoms with Gasteiger partial charge in [-0.2, -0.15) is 0 Å². The zero-order valence-electron chi connectivity index (χ0n) is 29.9. The lowest BCUT2D eigenvalue weighted by Gasteiger charge is -2.34. The number of carbonyl (C=O) groups is 1. The van der Waals surface area contributed by atoms with Crippen LogP contribution in [-0.4, -0.2) is 83.7 Å². The first kappa shape index (κ1) is 36.4. The van der Waals surface area contributed by atoms with Gasteiger partial charge in [0.15, 0.2) is 0 Å². The molecule has 0 saturated carbocycles. The van der Waals surface area contributed by atoms with E-state index in [1.807, 2.05) is 32.0 Å². The van der Waals surface area contributed by atoms with Gasteiger partial charge in [-0.25, -0.2) is 9.97 Å². The first-order chi connectivity index (χ1) is 23.1. The Morgan fingerprint density at radius 3 is 2.46 bits per heavy atom. The van der Waals surface area contributed by atoms with E-state index in [1.165, 1.54) is 5.69 Å². The number of carbonyl (C=O) groups excluding carboxylic acids is 1. The van der Waals surface area contributed by atoms with Crippen LogP contribution in [0.15, 0.2) is 48.5 Å². The third kappa shape index (κ3) is 10.0. The number of hydrogen-bond donors (Lipinski definition) is 4. The van der Waals surface area contributed by atoms with Crippen LogP contribution in [-0.2, 0) is 11.2 Å². The van der Waals surface area contributed by atoms with Crippen molar-refractivity contribution < 1.29 is 9.53 Å². The van der Waals surface area contributed by atoms with E-state index < -0.39 is 0 Å². The third-order valence-corrected chi connectivity index (χ3v) is 8.44. The van der Waals surface area contributed by atoms with Crippen LogP contribution in [0.25, 0.3) is 22.4 Å². The highest BCUT2D eigenvalue weighted by Crippen LogP contribution is 2.28. The fourth-order valence-corrected chi connectivity index (χ4v) is 5.72.